The van der Waals surface area contributed by atoms with Gasteiger partial charge in [0.05, 0.1) is 12.0 Å². The Kier molecular flexibility index (Phi) is 4.24. The van der Waals surface area contributed by atoms with Gasteiger partial charge < -0.3 is 4.74 Å². The Morgan fingerprint density at radius 2 is 1.80 bits per heavy atom. The largest absolute Gasteiger partial charge is 0.465 e. The second kappa shape index (κ2) is 6.22. The third-order valence-electron chi connectivity index (χ3n) is 8.08. The molecule has 0 spiro atoms. The molecule has 0 aromatic rings. The highest BCUT2D eigenvalue weighted by molar-refractivity contribution is 9.10. The molecule has 4 heteroatoms. The maximum atomic E-state index is 13.2. The Labute approximate surface area is 160 Å². The molecule has 6 rings (SSSR count). The van der Waals surface area contributed by atoms with Crippen LogP contribution in [0.1, 0.15) is 70.6 Å². The van der Waals surface area contributed by atoms with Crippen molar-refractivity contribution in [3.8, 4) is 0 Å². The van der Waals surface area contributed by atoms with Crippen molar-refractivity contribution in [3.63, 3.8) is 0 Å². The first kappa shape index (κ1) is 17.0. The van der Waals surface area contributed by atoms with Crippen LogP contribution in [0.5, 0.6) is 0 Å². The summed E-state index contributed by atoms with van der Waals surface area (Å²) in [6, 6.07) is 0.675. The Morgan fingerprint density at radius 3 is 2.56 bits per heavy atom. The van der Waals surface area contributed by atoms with Crippen molar-refractivity contribution >= 4 is 21.9 Å². The summed E-state index contributed by atoms with van der Waals surface area (Å²) in [5, 5.41) is 0. The van der Waals surface area contributed by atoms with Crippen LogP contribution in [0.4, 0.5) is 0 Å². The fourth-order valence-corrected chi connectivity index (χ4v) is 8.95. The van der Waals surface area contributed by atoms with Crippen LogP contribution in [0.15, 0.2) is 0 Å². The smallest absolute Gasteiger partial charge is 0.312 e. The molecule has 0 amide bonds. The third kappa shape index (κ3) is 2.99. The SMILES string of the molecule is O=C(OC[C@H]1CCCN2CCCC[C@@H]12)C12CC3C[C@H](CC(Br)(C3)C1)C2. The summed E-state index contributed by atoms with van der Waals surface area (Å²) < 4.78 is 6.31. The van der Waals surface area contributed by atoms with Crippen molar-refractivity contribution in [2.24, 2.45) is 23.2 Å². The summed E-state index contributed by atoms with van der Waals surface area (Å²) in [5.74, 6) is 2.22. The van der Waals surface area contributed by atoms with Crippen molar-refractivity contribution in [1.29, 1.82) is 0 Å². The summed E-state index contributed by atoms with van der Waals surface area (Å²) in [6.45, 7) is 3.19. The van der Waals surface area contributed by atoms with Gasteiger partial charge in [-0.25, -0.2) is 0 Å². The van der Waals surface area contributed by atoms with Crippen molar-refractivity contribution in [1.82, 2.24) is 4.90 Å². The Morgan fingerprint density at radius 1 is 1.04 bits per heavy atom. The molecule has 140 valence electrons. The molecule has 2 aliphatic heterocycles. The number of halogens is 1. The molecule has 0 N–H and O–H groups in total. The Balaban J connectivity index is 1.25. The van der Waals surface area contributed by atoms with Crippen LogP contribution in [0.3, 0.4) is 0 Å². The molecule has 3 nitrogen and oxygen atoms in total. The number of carbonyl (C=O) groups is 1. The lowest BCUT2D eigenvalue weighted by Crippen LogP contribution is -2.56. The monoisotopic (exact) mass is 409 g/mol. The van der Waals surface area contributed by atoms with Crippen LogP contribution in [0.2, 0.25) is 0 Å². The number of alkyl halides is 1. The topological polar surface area (TPSA) is 29.5 Å². The van der Waals surface area contributed by atoms with E-state index in [9.17, 15) is 4.79 Å². The minimum absolute atomic E-state index is 0.151. The first-order valence-electron chi connectivity index (χ1n) is 10.7. The lowest BCUT2D eigenvalue weighted by molar-refractivity contribution is -0.172. The molecule has 0 aromatic heterocycles. The molecular weight excluding hydrogens is 378 g/mol. The molecule has 4 saturated carbocycles. The van der Waals surface area contributed by atoms with E-state index in [0.717, 1.165) is 31.1 Å². The average Bonchev–Trinajstić information content (AvgIpc) is 2.57. The molecule has 2 saturated heterocycles. The molecule has 6 aliphatic rings. The second-order valence-corrected chi connectivity index (χ2v) is 11.7. The van der Waals surface area contributed by atoms with Crippen LogP contribution in [-0.4, -0.2) is 40.9 Å². The fourth-order valence-electron chi connectivity index (χ4n) is 7.50. The number of nitrogens with zero attached hydrogens (tertiary/aromatic N) is 1. The predicted octanol–water partition coefficient (Wildman–Crippen LogP) is 4.53. The average molecular weight is 410 g/mol. The number of rotatable bonds is 3. The van der Waals surface area contributed by atoms with E-state index in [-0.39, 0.29) is 15.7 Å². The van der Waals surface area contributed by atoms with E-state index in [2.05, 4.69) is 20.8 Å². The molecule has 6 atom stereocenters. The summed E-state index contributed by atoms with van der Waals surface area (Å²) in [5.41, 5.74) is -0.158. The van der Waals surface area contributed by atoms with Crippen molar-refractivity contribution in [2.45, 2.75) is 81.0 Å². The summed E-state index contributed by atoms with van der Waals surface area (Å²) in [4.78, 5) is 15.9. The first-order valence-corrected chi connectivity index (χ1v) is 11.4. The van der Waals surface area contributed by atoms with E-state index in [4.69, 9.17) is 4.74 Å². The van der Waals surface area contributed by atoms with Gasteiger partial charge in [-0.2, -0.15) is 0 Å². The van der Waals surface area contributed by atoms with Crippen LogP contribution in [0, 0.1) is 23.2 Å². The molecule has 6 fully saturated rings. The van der Waals surface area contributed by atoms with Gasteiger partial charge >= 0.3 is 5.97 Å². The lowest BCUT2D eigenvalue weighted by Gasteiger charge is -2.58. The van der Waals surface area contributed by atoms with E-state index >= 15 is 0 Å². The van der Waals surface area contributed by atoms with Gasteiger partial charge in [0.2, 0.25) is 0 Å². The minimum atomic E-state index is -0.158. The number of carbonyl (C=O) groups excluding carboxylic acids is 1. The van der Waals surface area contributed by atoms with Gasteiger partial charge in [-0.1, -0.05) is 22.4 Å². The minimum Gasteiger partial charge on any atom is -0.465 e. The molecule has 0 radical (unpaired) electrons. The van der Waals surface area contributed by atoms with Crippen LogP contribution in [-0.2, 0) is 9.53 Å². The Hall–Kier alpha value is -0.0900. The number of fused-ring (bicyclic) bond motifs is 1. The Bertz CT molecular complexity index is 534. The number of piperidine rings is 2. The zero-order chi connectivity index (χ0) is 17.1. The molecular formula is C21H32BrNO2. The molecule has 25 heavy (non-hydrogen) atoms. The molecule has 4 aliphatic carbocycles. The van der Waals surface area contributed by atoms with E-state index < -0.39 is 0 Å². The first-order chi connectivity index (χ1) is 12.1. The fraction of sp³-hybridized carbons (Fsp3) is 0.952. The molecule has 2 heterocycles. The highest BCUT2D eigenvalue weighted by Crippen LogP contribution is 2.64. The van der Waals surface area contributed by atoms with E-state index in [0.29, 0.717) is 18.6 Å². The van der Waals surface area contributed by atoms with Crippen molar-refractivity contribution in [3.05, 3.63) is 0 Å². The standard InChI is InChI=1S/C21H32BrNO2/c22-21-11-15-8-16(12-21)10-20(9-15,14-21)19(24)25-13-17-4-3-7-23-6-2-1-5-18(17)23/h15-18H,1-14H2/t15-,16?,17+,18-,20?,21?/m0/s1. The zero-order valence-electron chi connectivity index (χ0n) is 15.4. The normalized spacial score (nSPS) is 49.0. The number of hydrogen-bond donors (Lipinski definition) is 0. The molecule has 3 unspecified atom stereocenters. The van der Waals surface area contributed by atoms with Gasteiger partial charge in [-0.3, -0.25) is 9.69 Å². The number of esters is 1. The highest BCUT2D eigenvalue weighted by Gasteiger charge is 2.60. The summed E-state index contributed by atoms with van der Waals surface area (Å²) >= 11 is 4.02. The maximum absolute atomic E-state index is 13.2. The second-order valence-electron chi connectivity index (χ2n) is 9.99. The van der Waals surface area contributed by atoms with Crippen LogP contribution >= 0.6 is 15.9 Å². The van der Waals surface area contributed by atoms with Crippen molar-refractivity contribution < 1.29 is 9.53 Å². The van der Waals surface area contributed by atoms with Gasteiger partial charge in [0.1, 0.15) is 0 Å². The van der Waals surface area contributed by atoms with Gasteiger partial charge in [-0.05, 0) is 89.1 Å². The lowest BCUT2D eigenvalue weighted by atomic mass is 9.49. The number of ether oxygens (including phenoxy) is 1. The van der Waals surface area contributed by atoms with Crippen LogP contribution < -0.4 is 0 Å². The van der Waals surface area contributed by atoms with Crippen LogP contribution in [0.25, 0.3) is 0 Å². The van der Waals surface area contributed by atoms with Crippen molar-refractivity contribution in [2.75, 3.05) is 19.7 Å². The van der Waals surface area contributed by atoms with Gasteiger partial charge in [0.25, 0.3) is 0 Å². The summed E-state index contributed by atoms with van der Waals surface area (Å²) in [6.07, 6.45) is 13.6. The van der Waals surface area contributed by atoms with Gasteiger partial charge in [-0.15, -0.1) is 0 Å². The van der Waals surface area contributed by atoms with E-state index in [1.54, 1.807) is 0 Å². The van der Waals surface area contributed by atoms with Gasteiger partial charge in [0.15, 0.2) is 0 Å². The predicted molar refractivity (Wildman–Crippen MR) is 102 cm³/mol. The third-order valence-corrected chi connectivity index (χ3v) is 9.01. The van der Waals surface area contributed by atoms with E-state index in [1.807, 2.05) is 0 Å². The highest BCUT2D eigenvalue weighted by atomic mass is 79.9. The number of hydrogen-bond acceptors (Lipinski definition) is 3. The quantitative estimate of drug-likeness (QED) is 0.506. The maximum Gasteiger partial charge on any atom is 0.312 e. The zero-order valence-corrected chi connectivity index (χ0v) is 16.9. The molecule has 0 aromatic carbocycles. The van der Waals surface area contributed by atoms with E-state index in [1.165, 1.54) is 64.5 Å². The van der Waals surface area contributed by atoms with Gasteiger partial charge in [0, 0.05) is 16.3 Å². The summed E-state index contributed by atoms with van der Waals surface area (Å²) in [7, 11) is 0. The molecule has 4 bridgehead atoms.